The molecule has 3 aromatic rings. The molecular formula is C23H24N4O4. The highest BCUT2D eigenvalue weighted by molar-refractivity contribution is 5.67. The molecule has 8 nitrogen and oxygen atoms in total. The molecule has 160 valence electrons. The summed E-state index contributed by atoms with van der Waals surface area (Å²) in [6.45, 7) is 4.44. The van der Waals surface area contributed by atoms with Gasteiger partial charge in [-0.1, -0.05) is 18.2 Å². The maximum Gasteiger partial charge on any atom is 0.252 e. The Kier molecular flexibility index (Phi) is 5.21. The topological polar surface area (TPSA) is 79.9 Å². The lowest BCUT2D eigenvalue weighted by Gasteiger charge is -2.35. The van der Waals surface area contributed by atoms with Gasteiger partial charge in [0.25, 0.3) is 5.56 Å². The van der Waals surface area contributed by atoms with Crippen molar-refractivity contribution in [3.63, 3.8) is 0 Å². The Bertz CT molecular complexity index is 1140. The second-order valence-electron chi connectivity index (χ2n) is 7.61. The van der Waals surface area contributed by atoms with Crippen molar-refractivity contribution in [3.05, 3.63) is 64.4 Å². The predicted molar refractivity (Wildman–Crippen MR) is 117 cm³/mol. The van der Waals surface area contributed by atoms with Crippen LogP contribution in [-0.2, 0) is 6.54 Å². The van der Waals surface area contributed by atoms with Gasteiger partial charge in [0.15, 0.2) is 11.5 Å². The molecule has 1 N–H and O–H groups in total. The van der Waals surface area contributed by atoms with E-state index in [-0.39, 0.29) is 12.4 Å². The molecule has 0 bridgehead atoms. The molecule has 0 amide bonds. The Labute approximate surface area is 180 Å². The molecule has 0 radical (unpaired) electrons. The molecule has 1 fully saturated rings. The van der Waals surface area contributed by atoms with Crippen LogP contribution >= 0.6 is 0 Å². The fraction of sp³-hybridized carbons (Fsp3) is 0.304. The van der Waals surface area contributed by atoms with E-state index < -0.39 is 0 Å². The van der Waals surface area contributed by atoms with Gasteiger partial charge in [-0.05, 0) is 29.8 Å². The van der Waals surface area contributed by atoms with Gasteiger partial charge in [-0.15, -0.1) is 0 Å². The molecule has 8 heteroatoms. The van der Waals surface area contributed by atoms with E-state index in [9.17, 15) is 4.79 Å². The van der Waals surface area contributed by atoms with E-state index in [1.165, 1.54) is 11.6 Å². The number of hydrogen-bond donors (Lipinski definition) is 1. The number of benzene rings is 2. The van der Waals surface area contributed by atoms with Crippen molar-refractivity contribution in [1.29, 1.82) is 0 Å². The Morgan fingerprint density at radius 3 is 2.68 bits per heavy atom. The minimum absolute atomic E-state index is 0.173. The van der Waals surface area contributed by atoms with E-state index in [2.05, 4.69) is 20.9 Å². The third kappa shape index (κ3) is 4.06. The number of rotatable bonds is 5. The third-order valence-electron chi connectivity index (χ3n) is 5.63. The SMILES string of the molecule is COc1ccccc1-c1cc(=O)[nH]c(N2CCN(Cc3ccc4c(c3)OCO4)CC2)n1. The van der Waals surface area contributed by atoms with Gasteiger partial charge in [0, 0.05) is 44.4 Å². The lowest BCUT2D eigenvalue weighted by molar-refractivity contribution is 0.174. The summed E-state index contributed by atoms with van der Waals surface area (Å²) < 4.78 is 16.3. The van der Waals surface area contributed by atoms with Gasteiger partial charge < -0.3 is 19.1 Å². The van der Waals surface area contributed by atoms with Gasteiger partial charge in [-0.25, -0.2) is 4.98 Å². The Balaban J connectivity index is 1.28. The molecule has 5 rings (SSSR count). The number of nitrogens with one attached hydrogen (secondary N) is 1. The second-order valence-corrected chi connectivity index (χ2v) is 7.61. The molecule has 31 heavy (non-hydrogen) atoms. The van der Waals surface area contributed by atoms with Crippen LogP contribution in [0.2, 0.25) is 0 Å². The zero-order valence-corrected chi connectivity index (χ0v) is 17.3. The molecule has 3 heterocycles. The molecule has 0 aliphatic carbocycles. The quantitative estimate of drug-likeness (QED) is 0.679. The lowest BCUT2D eigenvalue weighted by atomic mass is 10.1. The zero-order valence-electron chi connectivity index (χ0n) is 17.3. The van der Waals surface area contributed by atoms with Crippen LogP contribution in [0.5, 0.6) is 17.2 Å². The van der Waals surface area contributed by atoms with Gasteiger partial charge in [0.1, 0.15) is 5.75 Å². The van der Waals surface area contributed by atoms with Crippen molar-refractivity contribution < 1.29 is 14.2 Å². The van der Waals surface area contributed by atoms with Gasteiger partial charge in [0.05, 0.1) is 12.8 Å². The van der Waals surface area contributed by atoms with Crippen LogP contribution in [0.4, 0.5) is 5.95 Å². The number of fused-ring (bicyclic) bond motifs is 1. The third-order valence-corrected chi connectivity index (χ3v) is 5.63. The predicted octanol–water partition coefficient (Wildman–Crippen LogP) is 2.50. The fourth-order valence-corrected chi connectivity index (χ4v) is 4.00. The summed E-state index contributed by atoms with van der Waals surface area (Å²) in [4.78, 5) is 24.4. The lowest BCUT2D eigenvalue weighted by Crippen LogP contribution is -2.47. The molecule has 0 atom stereocenters. The summed E-state index contributed by atoms with van der Waals surface area (Å²) in [6.07, 6.45) is 0. The average molecular weight is 420 g/mol. The minimum Gasteiger partial charge on any atom is -0.496 e. The van der Waals surface area contributed by atoms with Crippen molar-refractivity contribution in [2.75, 3.05) is 45.0 Å². The smallest absolute Gasteiger partial charge is 0.252 e. The Morgan fingerprint density at radius 2 is 1.84 bits per heavy atom. The first-order chi connectivity index (χ1) is 15.2. The molecule has 2 aliphatic heterocycles. The van der Waals surface area contributed by atoms with Crippen LogP contribution in [0.1, 0.15) is 5.56 Å². The molecule has 1 saturated heterocycles. The molecule has 1 aromatic heterocycles. The Hall–Kier alpha value is -3.52. The Morgan fingerprint density at radius 1 is 1.03 bits per heavy atom. The number of methoxy groups -OCH3 is 1. The molecular weight excluding hydrogens is 396 g/mol. The second kappa shape index (κ2) is 8.31. The first kappa shape index (κ1) is 19.4. The molecule has 0 unspecified atom stereocenters. The van der Waals surface area contributed by atoms with Crippen molar-refractivity contribution in [2.24, 2.45) is 0 Å². The van der Waals surface area contributed by atoms with Gasteiger partial charge >= 0.3 is 0 Å². The number of aromatic amines is 1. The van der Waals surface area contributed by atoms with Gasteiger partial charge in [-0.2, -0.15) is 0 Å². The summed E-state index contributed by atoms with van der Waals surface area (Å²) in [6, 6.07) is 15.2. The number of nitrogens with zero attached hydrogens (tertiary/aromatic N) is 3. The first-order valence-corrected chi connectivity index (χ1v) is 10.3. The summed E-state index contributed by atoms with van der Waals surface area (Å²) >= 11 is 0. The zero-order chi connectivity index (χ0) is 21.2. The highest BCUT2D eigenvalue weighted by Gasteiger charge is 2.21. The van der Waals surface area contributed by atoms with Crippen LogP contribution in [0.15, 0.2) is 53.3 Å². The summed E-state index contributed by atoms with van der Waals surface area (Å²) in [5.41, 5.74) is 2.44. The van der Waals surface area contributed by atoms with Crippen molar-refractivity contribution in [1.82, 2.24) is 14.9 Å². The van der Waals surface area contributed by atoms with Crippen LogP contribution in [-0.4, -0.2) is 54.9 Å². The van der Waals surface area contributed by atoms with E-state index in [0.717, 1.165) is 49.8 Å². The van der Waals surface area contributed by atoms with E-state index in [0.29, 0.717) is 17.4 Å². The average Bonchev–Trinajstić information content (AvgIpc) is 3.27. The summed E-state index contributed by atoms with van der Waals surface area (Å²) in [7, 11) is 1.62. The number of aromatic nitrogens is 2. The first-order valence-electron chi connectivity index (χ1n) is 10.3. The number of para-hydroxylation sites is 1. The number of piperazine rings is 1. The van der Waals surface area contributed by atoms with Gasteiger partial charge in [0.2, 0.25) is 12.7 Å². The maximum atomic E-state index is 12.3. The fourth-order valence-electron chi connectivity index (χ4n) is 4.00. The van der Waals surface area contributed by atoms with Crippen molar-refractivity contribution in [2.45, 2.75) is 6.54 Å². The highest BCUT2D eigenvalue weighted by Crippen LogP contribution is 2.33. The summed E-state index contributed by atoms with van der Waals surface area (Å²) in [5, 5.41) is 0. The van der Waals surface area contributed by atoms with Crippen molar-refractivity contribution >= 4 is 5.95 Å². The number of ether oxygens (including phenoxy) is 3. The van der Waals surface area contributed by atoms with E-state index in [4.69, 9.17) is 19.2 Å². The standard InChI is InChI=1S/C23H24N4O4/c1-29-19-5-3-2-4-17(19)18-13-22(28)25-23(24-18)27-10-8-26(9-11-27)14-16-6-7-20-21(12-16)31-15-30-20/h2-7,12-13H,8-11,14-15H2,1H3,(H,24,25,28). The number of anilines is 1. The van der Waals surface area contributed by atoms with E-state index in [1.54, 1.807) is 7.11 Å². The maximum absolute atomic E-state index is 12.3. The van der Waals surface area contributed by atoms with Gasteiger partial charge in [-0.3, -0.25) is 14.7 Å². The number of H-pyrrole nitrogens is 1. The van der Waals surface area contributed by atoms with Crippen LogP contribution < -0.4 is 24.7 Å². The monoisotopic (exact) mass is 420 g/mol. The molecule has 2 aromatic carbocycles. The number of hydrogen-bond acceptors (Lipinski definition) is 7. The van der Waals surface area contributed by atoms with E-state index in [1.807, 2.05) is 36.4 Å². The molecule has 0 saturated carbocycles. The van der Waals surface area contributed by atoms with Crippen LogP contribution in [0, 0.1) is 0 Å². The summed E-state index contributed by atoms with van der Waals surface area (Å²) in [5.74, 6) is 2.90. The normalized spacial score (nSPS) is 15.8. The molecule has 2 aliphatic rings. The van der Waals surface area contributed by atoms with Crippen LogP contribution in [0.25, 0.3) is 11.3 Å². The largest absolute Gasteiger partial charge is 0.496 e. The molecule has 0 spiro atoms. The van der Waals surface area contributed by atoms with E-state index >= 15 is 0 Å². The minimum atomic E-state index is -0.173. The van der Waals surface area contributed by atoms with Crippen LogP contribution in [0.3, 0.4) is 0 Å². The highest BCUT2D eigenvalue weighted by atomic mass is 16.7. The van der Waals surface area contributed by atoms with Crippen molar-refractivity contribution in [3.8, 4) is 28.5 Å².